The predicted molar refractivity (Wildman–Crippen MR) is 127 cm³/mol. The van der Waals surface area contributed by atoms with Crippen LogP contribution in [-0.2, 0) is 14.9 Å². The number of alkyl halides is 2. The molecule has 192 valence electrons. The Bertz CT molecular complexity index is 1390. The number of fused-ring (bicyclic) bond motifs is 2. The lowest BCUT2D eigenvalue weighted by molar-refractivity contribution is -0.286. The van der Waals surface area contributed by atoms with Crippen LogP contribution in [0.3, 0.4) is 0 Å². The molecule has 2 aromatic carbocycles. The smallest absolute Gasteiger partial charge is 0.483 e. The molecule has 1 aromatic heterocycles. The summed E-state index contributed by atoms with van der Waals surface area (Å²) in [5.74, 6) is -0.226. The summed E-state index contributed by atoms with van der Waals surface area (Å²) in [6.07, 6.45) is -2.63. The normalized spacial score (nSPS) is 21.9. The highest BCUT2D eigenvalue weighted by molar-refractivity contribution is 7.09. The van der Waals surface area contributed by atoms with Crippen molar-refractivity contribution in [3.63, 3.8) is 0 Å². The maximum Gasteiger partial charge on any atom is 0.586 e. The van der Waals surface area contributed by atoms with Gasteiger partial charge in [0.15, 0.2) is 23.3 Å². The Morgan fingerprint density at radius 3 is 2.70 bits per heavy atom. The van der Waals surface area contributed by atoms with E-state index in [2.05, 4.69) is 19.8 Å². The highest BCUT2D eigenvalue weighted by Crippen LogP contribution is 2.52. The first kappa shape index (κ1) is 23.7. The van der Waals surface area contributed by atoms with E-state index >= 15 is 0 Å². The molecule has 0 bridgehead atoms. The fourth-order valence-electron chi connectivity index (χ4n) is 4.76. The van der Waals surface area contributed by atoms with Gasteiger partial charge in [-0.1, -0.05) is 24.3 Å². The summed E-state index contributed by atoms with van der Waals surface area (Å²) in [6, 6.07) is 11.5. The van der Waals surface area contributed by atoms with Crippen molar-refractivity contribution in [3.8, 4) is 17.2 Å². The summed E-state index contributed by atoms with van der Waals surface area (Å²) in [6.45, 7) is 1.98. The van der Waals surface area contributed by atoms with Crippen LogP contribution in [0.25, 0.3) is 0 Å². The number of nitrogens with zero attached hydrogens (tertiary/aromatic N) is 1. The minimum absolute atomic E-state index is 0.0585. The van der Waals surface area contributed by atoms with Gasteiger partial charge in [-0.15, -0.1) is 20.1 Å². The summed E-state index contributed by atoms with van der Waals surface area (Å²) < 4.78 is 47.3. The highest BCUT2D eigenvalue weighted by Gasteiger charge is 2.53. The van der Waals surface area contributed by atoms with Crippen LogP contribution < -0.4 is 19.5 Å². The van der Waals surface area contributed by atoms with Crippen molar-refractivity contribution >= 4 is 23.2 Å². The molecule has 0 saturated heterocycles. The van der Waals surface area contributed by atoms with Gasteiger partial charge in [-0.3, -0.25) is 4.79 Å². The van der Waals surface area contributed by atoms with Crippen molar-refractivity contribution in [2.24, 2.45) is 0 Å². The van der Waals surface area contributed by atoms with Gasteiger partial charge in [0, 0.05) is 17.4 Å². The molecule has 1 saturated carbocycles. The first-order valence-electron chi connectivity index (χ1n) is 11.9. The number of carbonyl (C=O) groups is 2. The number of amides is 1. The highest BCUT2D eigenvalue weighted by atomic mass is 32.1. The largest absolute Gasteiger partial charge is 0.586 e. The minimum Gasteiger partial charge on any atom is -0.483 e. The van der Waals surface area contributed by atoms with E-state index in [0.29, 0.717) is 35.6 Å². The molecule has 1 fully saturated rings. The molecule has 37 heavy (non-hydrogen) atoms. The molecule has 2 atom stereocenters. The summed E-state index contributed by atoms with van der Waals surface area (Å²) in [5.41, 5.74) is 0.809. The monoisotopic (exact) mass is 528 g/mol. The fourth-order valence-corrected chi connectivity index (χ4v) is 5.58. The van der Waals surface area contributed by atoms with Crippen molar-refractivity contribution in [2.45, 2.75) is 50.0 Å². The molecule has 3 aromatic rings. The van der Waals surface area contributed by atoms with E-state index in [1.54, 1.807) is 18.4 Å². The molecule has 3 aliphatic rings. The molecular weight excluding hydrogens is 506 g/mol. The van der Waals surface area contributed by atoms with E-state index in [1.807, 2.05) is 24.3 Å². The standard InChI is InChI=1S/C26H22F2N2O6S/c1-2-33-23(31)17-13-37-22(29-17)21-12-16(15-5-3-4-6-18(15)34-21)30-24(32)25(9-10-25)14-7-8-19-20(11-14)36-26(27,28)35-19/h3-8,11,13,16,21H,2,9-10,12H2,1H3,(H,30,32)/t16-,21+/m0/s1. The summed E-state index contributed by atoms with van der Waals surface area (Å²) in [5, 5.41) is 5.39. The fraction of sp³-hybridized carbons (Fsp3) is 0.346. The zero-order chi connectivity index (χ0) is 25.8. The Morgan fingerprint density at radius 2 is 1.92 bits per heavy atom. The second-order valence-corrected chi connectivity index (χ2v) is 10.00. The lowest BCUT2D eigenvalue weighted by atomic mass is 9.91. The number of nitrogens with one attached hydrogen (secondary N) is 1. The van der Waals surface area contributed by atoms with Crippen LogP contribution in [0.2, 0.25) is 0 Å². The van der Waals surface area contributed by atoms with Crippen molar-refractivity contribution in [3.05, 3.63) is 69.7 Å². The molecule has 1 amide bonds. The van der Waals surface area contributed by atoms with Gasteiger partial charge in [0.25, 0.3) is 0 Å². The number of carbonyl (C=O) groups excluding carboxylic acids is 2. The molecule has 3 heterocycles. The predicted octanol–water partition coefficient (Wildman–Crippen LogP) is 5.05. The molecule has 1 N–H and O–H groups in total. The van der Waals surface area contributed by atoms with Crippen molar-refractivity contribution in [1.82, 2.24) is 10.3 Å². The third-order valence-corrected chi connectivity index (χ3v) is 7.68. The Kier molecular flexibility index (Phi) is 5.55. The number of para-hydroxylation sites is 1. The molecule has 1 aliphatic carbocycles. The Balaban J connectivity index is 1.24. The van der Waals surface area contributed by atoms with Gasteiger partial charge in [-0.2, -0.15) is 0 Å². The minimum atomic E-state index is -3.72. The van der Waals surface area contributed by atoms with E-state index in [9.17, 15) is 18.4 Å². The maximum absolute atomic E-state index is 13.6. The van der Waals surface area contributed by atoms with Crippen LogP contribution in [0, 0.1) is 0 Å². The van der Waals surface area contributed by atoms with Gasteiger partial charge in [-0.25, -0.2) is 9.78 Å². The molecule has 6 rings (SSSR count). The van der Waals surface area contributed by atoms with Crippen LogP contribution >= 0.6 is 11.3 Å². The first-order valence-corrected chi connectivity index (χ1v) is 12.8. The second-order valence-electron chi connectivity index (χ2n) is 9.11. The molecule has 8 nitrogen and oxygen atoms in total. The second kappa shape index (κ2) is 8.69. The molecule has 0 radical (unpaired) electrons. The summed E-state index contributed by atoms with van der Waals surface area (Å²) >= 11 is 1.30. The molecular formula is C26H22F2N2O6S. The van der Waals surface area contributed by atoms with Crippen LogP contribution in [-0.4, -0.2) is 29.8 Å². The first-order chi connectivity index (χ1) is 17.8. The van der Waals surface area contributed by atoms with E-state index in [4.69, 9.17) is 9.47 Å². The SMILES string of the molecule is CCOC(=O)c1csc([C@H]2C[C@H](NC(=O)C3(c4ccc5c(c4)OC(F)(F)O5)CC3)c3ccccc3O2)n1. The van der Waals surface area contributed by atoms with Crippen LogP contribution in [0.5, 0.6) is 17.2 Å². The van der Waals surface area contributed by atoms with Gasteiger partial charge < -0.3 is 24.3 Å². The van der Waals surface area contributed by atoms with Crippen LogP contribution in [0.1, 0.15) is 65.0 Å². The lowest BCUT2D eigenvalue weighted by Gasteiger charge is -2.32. The third kappa shape index (κ3) is 4.26. The number of hydrogen-bond donors (Lipinski definition) is 1. The molecule has 11 heteroatoms. The maximum atomic E-state index is 13.6. The number of rotatable bonds is 6. The summed E-state index contributed by atoms with van der Waals surface area (Å²) in [7, 11) is 0. The molecule has 2 aliphatic heterocycles. The number of thiazole rings is 1. The van der Waals surface area contributed by atoms with Gasteiger partial charge >= 0.3 is 12.3 Å². The van der Waals surface area contributed by atoms with Gasteiger partial charge in [0.05, 0.1) is 18.1 Å². The van der Waals surface area contributed by atoms with E-state index in [-0.39, 0.29) is 35.7 Å². The van der Waals surface area contributed by atoms with E-state index < -0.39 is 23.8 Å². The number of esters is 1. The number of benzene rings is 2. The topological polar surface area (TPSA) is 96.0 Å². The number of halogens is 2. The van der Waals surface area contributed by atoms with Gasteiger partial charge in [-0.05, 0) is 43.5 Å². The van der Waals surface area contributed by atoms with Crippen molar-refractivity contribution in [1.29, 1.82) is 0 Å². The Hall–Kier alpha value is -3.73. The molecule has 0 spiro atoms. The zero-order valence-corrected chi connectivity index (χ0v) is 20.5. The van der Waals surface area contributed by atoms with Crippen molar-refractivity contribution in [2.75, 3.05) is 6.61 Å². The summed E-state index contributed by atoms with van der Waals surface area (Å²) in [4.78, 5) is 30.1. The zero-order valence-electron chi connectivity index (χ0n) is 19.7. The van der Waals surface area contributed by atoms with E-state index in [1.165, 1.54) is 23.5 Å². The number of aromatic nitrogens is 1. The van der Waals surface area contributed by atoms with Crippen LogP contribution in [0.4, 0.5) is 8.78 Å². The van der Waals surface area contributed by atoms with Gasteiger partial charge in [0.2, 0.25) is 5.91 Å². The Labute approximate surface area is 214 Å². The average molecular weight is 529 g/mol. The molecule has 0 unspecified atom stereocenters. The number of ether oxygens (including phenoxy) is 4. The van der Waals surface area contributed by atoms with Gasteiger partial charge in [0.1, 0.15) is 10.8 Å². The van der Waals surface area contributed by atoms with Crippen molar-refractivity contribution < 1.29 is 37.3 Å². The quantitative estimate of drug-likeness (QED) is 0.447. The Morgan fingerprint density at radius 1 is 1.14 bits per heavy atom. The number of hydrogen-bond acceptors (Lipinski definition) is 8. The van der Waals surface area contributed by atoms with Crippen LogP contribution in [0.15, 0.2) is 47.8 Å². The van der Waals surface area contributed by atoms with E-state index in [0.717, 1.165) is 5.56 Å². The third-order valence-electron chi connectivity index (χ3n) is 6.74. The average Bonchev–Trinajstić information content (AvgIpc) is 3.42. The lowest BCUT2D eigenvalue weighted by Crippen LogP contribution is -2.39.